The highest BCUT2D eigenvalue weighted by Crippen LogP contribution is 2.47. The number of para-hydroxylation sites is 1. The average molecular weight is 287 g/mol. The summed E-state index contributed by atoms with van der Waals surface area (Å²) in [5.41, 5.74) is -3.60. The van der Waals surface area contributed by atoms with E-state index in [9.17, 15) is 13.2 Å². The molecule has 104 valence electrons. The fraction of sp³-hybridized carbons (Fsp3) is 0.571. The molecule has 1 nitrogen and oxygen atoms in total. The van der Waals surface area contributed by atoms with Crippen molar-refractivity contribution in [1.29, 1.82) is 0 Å². The number of hydrogen-bond acceptors (Lipinski definition) is 2. The molecular weight excluding hydrogens is 271 g/mol. The molecule has 0 aromatic heterocycles. The summed E-state index contributed by atoms with van der Waals surface area (Å²) in [6.07, 6.45) is 4.86. The SMILES string of the molecule is FC(F)(F)Sc1ccccc1NC1CC2CCC1C2. The van der Waals surface area contributed by atoms with Crippen LogP contribution in [0, 0.1) is 11.8 Å². The van der Waals surface area contributed by atoms with Gasteiger partial charge in [-0.1, -0.05) is 18.6 Å². The molecule has 2 bridgehead atoms. The molecule has 0 amide bonds. The van der Waals surface area contributed by atoms with Gasteiger partial charge in [0, 0.05) is 16.6 Å². The molecule has 3 unspecified atom stereocenters. The third kappa shape index (κ3) is 3.02. The van der Waals surface area contributed by atoms with Gasteiger partial charge >= 0.3 is 5.51 Å². The van der Waals surface area contributed by atoms with Crippen LogP contribution in [0.3, 0.4) is 0 Å². The van der Waals surface area contributed by atoms with Gasteiger partial charge in [-0.05, 0) is 55.0 Å². The topological polar surface area (TPSA) is 12.0 Å². The lowest BCUT2D eigenvalue weighted by molar-refractivity contribution is -0.0327. The van der Waals surface area contributed by atoms with E-state index in [1.54, 1.807) is 18.2 Å². The number of hydrogen-bond donors (Lipinski definition) is 1. The fourth-order valence-corrected chi connectivity index (χ4v) is 4.05. The zero-order valence-corrected chi connectivity index (χ0v) is 11.2. The minimum Gasteiger partial charge on any atom is -0.381 e. The smallest absolute Gasteiger partial charge is 0.381 e. The maximum absolute atomic E-state index is 12.5. The van der Waals surface area contributed by atoms with Crippen molar-refractivity contribution < 1.29 is 13.2 Å². The van der Waals surface area contributed by atoms with Crippen LogP contribution in [0.4, 0.5) is 18.9 Å². The number of nitrogens with one attached hydrogen (secondary N) is 1. The summed E-state index contributed by atoms with van der Waals surface area (Å²) >= 11 is -0.0317. The van der Waals surface area contributed by atoms with Gasteiger partial charge in [0.2, 0.25) is 0 Å². The number of halogens is 3. The number of anilines is 1. The lowest BCUT2D eigenvalue weighted by atomic mass is 9.95. The molecule has 2 aliphatic rings. The Morgan fingerprint density at radius 3 is 2.53 bits per heavy atom. The van der Waals surface area contributed by atoms with Crippen molar-refractivity contribution in [3.05, 3.63) is 24.3 Å². The Balaban J connectivity index is 1.74. The molecule has 0 spiro atoms. The van der Waals surface area contributed by atoms with Gasteiger partial charge in [0.15, 0.2) is 0 Å². The molecule has 1 aromatic rings. The number of rotatable bonds is 3. The molecule has 2 aliphatic carbocycles. The Bertz CT molecular complexity index is 460. The van der Waals surface area contributed by atoms with Crippen LogP contribution in [0.2, 0.25) is 0 Å². The first-order valence-corrected chi connectivity index (χ1v) is 7.44. The molecule has 0 heterocycles. The normalized spacial score (nSPS) is 29.7. The minimum atomic E-state index is -4.23. The van der Waals surface area contributed by atoms with Gasteiger partial charge in [-0.2, -0.15) is 13.2 Å². The summed E-state index contributed by atoms with van der Waals surface area (Å²) in [6.45, 7) is 0. The second-order valence-electron chi connectivity index (χ2n) is 5.47. The highest BCUT2D eigenvalue weighted by atomic mass is 32.2. The minimum absolute atomic E-state index is 0.0317. The van der Waals surface area contributed by atoms with Crippen molar-refractivity contribution >= 4 is 17.4 Å². The first-order chi connectivity index (χ1) is 9.01. The lowest BCUT2D eigenvalue weighted by Crippen LogP contribution is -2.26. The van der Waals surface area contributed by atoms with Crippen LogP contribution in [-0.4, -0.2) is 11.6 Å². The van der Waals surface area contributed by atoms with E-state index in [1.165, 1.54) is 25.3 Å². The standard InChI is InChI=1S/C14H16F3NS/c15-14(16,17)19-13-4-2-1-3-11(13)18-12-8-9-5-6-10(12)7-9/h1-4,9-10,12,18H,5-8H2. The Morgan fingerprint density at radius 2 is 1.89 bits per heavy atom. The Hall–Kier alpha value is -0.840. The molecule has 19 heavy (non-hydrogen) atoms. The lowest BCUT2D eigenvalue weighted by Gasteiger charge is -2.25. The molecule has 5 heteroatoms. The van der Waals surface area contributed by atoms with E-state index in [2.05, 4.69) is 5.32 Å². The third-order valence-electron chi connectivity index (χ3n) is 4.19. The van der Waals surface area contributed by atoms with Crippen molar-refractivity contribution in [3.8, 4) is 0 Å². The molecular formula is C14H16F3NS. The zero-order chi connectivity index (χ0) is 13.5. The van der Waals surface area contributed by atoms with Gasteiger partial charge in [0.05, 0.1) is 0 Å². The molecule has 0 saturated heterocycles. The molecule has 1 N–H and O–H groups in total. The summed E-state index contributed by atoms with van der Waals surface area (Å²) in [5, 5.41) is 3.34. The van der Waals surface area contributed by atoms with Crippen LogP contribution in [0.1, 0.15) is 25.7 Å². The van der Waals surface area contributed by atoms with E-state index < -0.39 is 5.51 Å². The van der Waals surface area contributed by atoms with Crippen molar-refractivity contribution in [1.82, 2.24) is 0 Å². The Morgan fingerprint density at radius 1 is 1.11 bits per heavy atom. The van der Waals surface area contributed by atoms with E-state index in [1.807, 2.05) is 0 Å². The second kappa shape index (κ2) is 4.93. The third-order valence-corrected chi connectivity index (χ3v) is 5.00. The van der Waals surface area contributed by atoms with Gasteiger partial charge in [0.25, 0.3) is 0 Å². The Labute approximate surface area is 115 Å². The molecule has 0 aliphatic heterocycles. The van der Waals surface area contributed by atoms with Gasteiger partial charge in [-0.15, -0.1) is 0 Å². The van der Waals surface area contributed by atoms with Crippen LogP contribution >= 0.6 is 11.8 Å². The van der Waals surface area contributed by atoms with Crippen LogP contribution in [0.5, 0.6) is 0 Å². The summed E-state index contributed by atoms with van der Waals surface area (Å²) in [5.74, 6) is 1.43. The Kier molecular flexibility index (Phi) is 3.41. The quantitative estimate of drug-likeness (QED) is 0.794. The molecule has 1 aromatic carbocycles. The molecule has 3 atom stereocenters. The van der Waals surface area contributed by atoms with Gasteiger partial charge in [-0.25, -0.2) is 0 Å². The van der Waals surface area contributed by atoms with Crippen molar-refractivity contribution in [2.24, 2.45) is 11.8 Å². The summed E-state index contributed by atoms with van der Waals surface area (Å²) in [7, 11) is 0. The maximum atomic E-state index is 12.5. The zero-order valence-electron chi connectivity index (χ0n) is 10.4. The second-order valence-corrected chi connectivity index (χ2v) is 6.58. The number of fused-ring (bicyclic) bond motifs is 2. The number of alkyl halides is 3. The molecule has 2 saturated carbocycles. The molecule has 2 fully saturated rings. The first kappa shape index (κ1) is 13.2. The first-order valence-electron chi connectivity index (χ1n) is 6.62. The van der Waals surface area contributed by atoms with Crippen molar-refractivity contribution in [3.63, 3.8) is 0 Å². The van der Waals surface area contributed by atoms with Gasteiger partial charge < -0.3 is 5.32 Å². The largest absolute Gasteiger partial charge is 0.446 e. The van der Waals surface area contributed by atoms with Crippen LogP contribution in [0.25, 0.3) is 0 Å². The van der Waals surface area contributed by atoms with Crippen molar-refractivity contribution in [2.75, 3.05) is 5.32 Å². The highest BCUT2D eigenvalue weighted by molar-refractivity contribution is 8.00. The van der Waals surface area contributed by atoms with E-state index in [0.717, 1.165) is 12.3 Å². The number of benzene rings is 1. The van der Waals surface area contributed by atoms with Crippen LogP contribution in [0.15, 0.2) is 29.2 Å². The maximum Gasteiger partial charge on any atom is 0.446 e. The summed E-state index contributed by atoms with van der Waals surface area (Å²) in [6, 6.07) is 7.08. The summed E-state index contributed by atoms with van der Waals surface area (Å²) in [4.78, 5) is 0.276. The highest BCUT2D eigenvalue weighted by Gasteiger charge is 2.40. The van der Waals surface area contributed by atoms with E-state index in [0.29, 0.717) is 17.6 Å². The van der Waals surface area contributed by atoms with E-state index in [-0.39, 0.29) is 16.7 Å². The molecule has 0 radical (unpaired) electrons. The van der Waals surface area contributed by atoms with E-state index in [4.69, 9.17) is 0 Å². The number of thioether (sulfide) groups is 1. The van der Waals surface area contributed by atoms with Crippen LogP contribution < -0.4 is 5.32 Å². The predicted molar refractivity (Wildman–Crippen MR) is 71.2 cm³/mol. The molecule has 3 rings (SSSR count). The fourth-order valence-electron chi connectivity index (χ4n) is 3.42. The monoisotopic (exact) mass is 287 g/mol. The van der Waals surface area contributed by atoms with Crippen LogP contribution in [-0.2, 0) is 0 Å². The predicted octanol–water partition coefficient (Wildman–Crippen LogP) is 4.90. The van der Waals surface area contributed by atoms with E-state index >= 15 is 0 Å². The van der Waals surface area contributed by atoms with Gasteiger partial charge in [0.1, 0.15) is 0 Å². The summed E-state index contributed by atoms with van der Waals surface area (Å²) < 4.78 is 37.6. The average Bonchev–Trinajstić information content (AvgIpc) is 2.92. The van der Waals surface area contributed by atoms with Gasteiger partial charge in [-0.3, -0.25) is 0 Å². The van der Waals surface area contributed by atoms with Crippen molar-refractivity contribution in [2.45, 2.75) is 42.1 Å².